The molecule has 0 amide bonds. The molecule has 0 unspecified atom stereocenters. The van der Waals surface area contributed by atoms with Gasteiger partial charge >= 0.3 is 0 Å². The second-order valence-electron chi connectivity index (χ2n) is 4.50. The number of thiazole rings is 1. The molecule has 2 N–H and O–H groups in total. The molecule has 0 atom stereocenters. The third-order valence-corrected chi connectivity index (χ3v) is 4.94. The monoisotopic (exact) mass is 308 g/mol. The van der Waals surface area contributed by atoms with Gasteiger partial charge < -0.3 is 5.73 Å². The van der Waals surface area contributed by atoms with Gasteiger partial charge in [-0.05, 0) is 31.4 Å². The van der Waals surface area contributed by atoms with Crippen molar-refractivity contribution in [1.82, 2.24) is 4.98 Å². The van der Waals surface area contributed by atoms with E-state index >= 15 is 0 Å². The summed E-state index contributed by atoms with van der Waals surface area (Å²) in [6.07, 6.45) is 2.54. The lowest BCUT2D eigenvalue weighted by atomic mass is 10.1. The van der Waals surface area contributed by atoms with Crippen LogP contribution in [0.25, 0.3) is 11.3 Å². The van der Waals surface area contributed by atoms with E-state index in [2.05, 4.69) is 46.0 Å². The van der Waals surface area contributed by atoms with Crippen molar-refractivity contribution >= 4 is 32.3 Å². The molecule has 2 aromatic rings. The molecule has 0 radical (unpaired) electrons. The Kier molecular flexibility index (Phi) is 2.71. The van der Waals surface area contributed by atoms with Crippen LogP contribution in [0, 0.1) is 6.92 Å². The van der Waals surface area contributed by atoms with Crippen molar-refractivity contribution in [3.8, 4) is 11.3 Å². The number of hydrogen-bond donors (Lipinski definition) is 1. The van der Waals surface area contributed by atoms with Gasteiger partial charge in [-0.1, -0.05) is 28.1 Å². The van der Waals surface area contributed by atoms with E-state index in [1.165, 1.54) is 23.4 Å². The number of aromatic nitrogens is 1. The Bertz CT molecular complexity index is 573. The molecule has 1 aliphatic rings. The quantitative estimate of drug-likeness (QED) is 0.896. The number of nitrogen functional groups attached to an aromatic ring is 1. The summed E-state index contributed by atoms with van der Waals surface area (Å²) >= 11 is 5.19. The molecule has 1 aromatic carbocycles. The number of halogens is 1. The smallest absolute Gasteiger partial charge is 0.114 e. The van der Waals surface area contributed by atoms with Crippen LogP contribution in [0.15, 0.2) is 22.7 Å². The van der Waals surface area contributed by atoms with Gasteiger partial charge in [0.05, 0.1) is 5.01 Å². The van der Waals surface area contributed by atoms with Crippen LogP contribution in [0.1, 0.15) is 29.3 Å². The first kappa shape index (κ1) is 11.2. The van der Waals surface area contributed by atoms with Crippen molar-refractivity contribution in [3.63, 3.8) is 0 Å². The Morgan fingerprint density at radius 2 is 2.18 bits per heavy atom. The zero-order valence-electron chi connectivity index (χ0n) is 9.53. The molecule has 2 nitrogen and oxygen atoms in total. The molecule has 1 aromatic heterocycles. The lowest BCUT2D eigenvalue weighted by molar-refractivity contribution is 1.09. The predicted octanol–water partition coefficient (Wildman–Crippen LogP) is 4.34. The minimum atomic E-state index is 0.671. The number of rotatable bonds is 2. The van der Waals surface area contributed by atoms with Gasteiger partial charge in [-0.3, -0.25) is 0 Å². The minimum Gasteiger partial charge on any atom is -0.389 e. The summed E-state index contributed by atoms with van der Waals surface area (Å²) in [6.45, 7) is 2.08. The first-order chi connectivity index (χ1) is 8.15. The van der Waals surface area contributed by atoms with Crippen LogP contribution in [0.2, 0.25) is 0 Å². The van der Waals surface area contributed by atoms with E-state index in [-0.39, 0.29) is 0 Å². The average molecular weight is 309 g/mol. The summed E-state index contributed by atoms with van der Waals surface area (Å²) in [5.74, 6) is 0.671. The highest BCUT2D eigenvalue weighted by atomic mass is 79.9. The zero-order valence-corrected chi connectivity index (χ0v) is 11.9. The lowest BCUT2D eigenvalue weighted by Gasteiger charge is -2.02. The summed E-state index contributed by atoms with van der Waals surface area (Å²) in [5, 5.41) is 2.04. The Morgan fingerprint density at radius 1 is 1.41 bits per heavy atom. The molecule has 0 saturated heterocycles. The normalized spacial score (nSPS) is 15.2. The van der Waals surface area contributed by atoms with Crippen LogP contribution in [0.3, 0.4) is 0 Å². The van der Waals surface area contributed by atoms with Gasteiger partial charge in [0.2, 0.25) is 0 Å². The number of hydrogen-bond acceptors (Lipinski definition) is 3. The summed E-state index contributed by atoms with van der Waals surface area (Å²) in [6, 6.07) is 6.27. The first-order valence-corrected chi connectivity index (χ1v) is 7.29. The molecule has 0 bridgehead atoms. The van der Waals surface area contributed by atoms with Gasteiger partial charge in [0.1, 0.15) is 10.7 Å². The molecule has 4 heteroatoms. The largest absolute Gasteiger partial charge is 0.389 e. The molecular formula is C13H13BrN2S. The van der Waals surface area contributed by atoms with Gasteiger partial charge in [-0.25, -0.2) is 4.98 Å². The Labute approximate surface area is 113 Å². The highest BCUT2D eigenvalue weighted by molar-refractivity contribution is 9.10. The van der Waals surface area contributed by atoms with Crippen molar-refractivity contribution < 1.29 is 0 Å². The highest BCUT2D eigenvalue weighted by Crippen LogP contribution is 2.45. The van der Waals surface area contributed by atoms with E-state index in [0.29, 0.717) is 5.92 Å². The fourth-order valence-electron chi connectivity index (χ4n) is 1.80. The number of nitrogens with zero attached hydrogens (tertiary/aromatic N) is 1. The van der Waals surface area contributed by atoms with Crippen molar-refractivity contribution in [3.05, 3.63) is 33.2 Å². The van der Waals surface area contributed by atoms with E-state index in [1.54, 1.807) is 11.3 Å². The molecular weight excluding hydrogens is 296 g/mol. The second kappa shape index (κ2) is 4.10. The number of aryl methyl sites for hydroxylation is 1. The number of anilines is 1. The third kappa shape index (κ3) is 2.11. The van der Waals surface area contributed by atoms with E-state index in [1.807, 2.05) is 0 Å². The maximum atomic E-state index is 6.07. The molecule has 0 spiro atoms. The fourth-order valence-corrected chi connectivity index (χ4v) is 3.20. The summed E-state index contributed by atoms with van der Waals surface area (Å²) in [4.78, 5) is 4.69. The molecule has 1 aliphatic carbocycles. The van der Waals surface area contributed by atoms with Crippen LogP contribution < -0.4 is 5.73 Å². The van der Waals surface area contributed by atoms with Crippen molar-refractivity contribution in [2.24, 2.45) is 0 Å². The van der Waals surface area contributed by atoms with Crippen molar-refractivity contribution in [2.75, 3.05) is 5.73 Å². The lowest BCUT2D eigenvalue weighted by Crippen LogP contribution is -1.87. The first-order valence-electron chi connectivity index (χ1n) is 5.68. The maximum Gasteiger partial charge on any atom is 0.114 e. The van der Waals surface area contributed by atoms with Crippen LogP contribution in [-0.4, -0.2) is 4.98 Å². The Hall–Kier alpha value is -0.870. The molecule has 1 saturated carbocycles. The average Bonchev–Trinajstić information content (AvgIpc) is 3.07. The number of benzene rings is 1. The summed E-state index contributed by atoms with van der Waals surface area (Å²) in [5.41, 5.74) is 9.34. The van der Waals surface area contributed by atoms with Gasteiger partial charge in [-0.2, -0.15) is 0 Å². The van der Waals surface area contributed by atoms with Crippen LogP contribution in [0.5, 0.6) is 0 Å². The predicted molar refractivity (Wildman–Crippen MR) is 76.4 cm³/mol. The van der Waals surface area contributed by atoms with Gasteiger partial charge in [-0.15, -0.1) is 11.3 Å². The maximum absolute atomic E-state index is 6.07. The standard InChI is InChI=1S/C13H13BrN2S/c1-7-2-3-9(6-10(7)14)11-12(15)17-13(16-11)8-4-5-8/h2-3,6,8H,4-5,15H2,1H3. The summed E-state index contributed by atoms with van der Waals surface area (Å²) < 4.78 is 1.11. The van der Waals surface area contributed by atoms with Crippen molar-refractivity contribution in [1.29, 1.82) is 0 Å². The van der Waals surface area contributed by atoms with E-state index in [4.69, 9.17) is 5.73 Å². The SMILES string of the molecule is Cc1ccc(-c2nc(C3CC3)sc2N)cc1Br. The topological polar surface area (TPSA) is 38.9 Å². The zero-order chi connectivity index (χ0) is 12.0. The molecule has 88 valence electrons. The molecule has 0 aliphatic heterocycles. The molecule has 17 heavy (non-hydrogen) atoms. The minimum absolute atomic E-state index is 0.671. The molecule has 1 heterocycles. The van der Waals surface area contributed by atoms with Crippen LogP contribution >= 0.6 is 27.3 Å². The highest BCUT2D eigenvalue weighted by Gasteiger charge is 2.28. The second-order valence-corrected chi connectivity index (χ2v) is 6.42. The molecule has 3 rings (SSSR count). The fraction of sp³-hybridized carbons (Fsp3) is 0.308. The Balaban J connectivity index is 2.04. The summed E-state index contributed by atoms with van der Waals surface area (Å²) in [7, 11) is 0. The molecule has 1 fully saturated rings. The van der Waals surface area contributed by atoms with Gasteiger partial charge in [0, 0.05) is 16.0 Å². The third-order valence-electron chi connectivity index (χ3n) is 3.04. The Morgan fingerprint density at radius 3 is 2.82 bits per heavy atom. The van der Waals surface area contributed by atoms with E-state index < -0.39 is 0 Å². The van der Waals surface area contributed by atoms with Crippen molar-refractivity contribution in [2.45, 2.75) is 25.7 Å². The van der Waals surface area contributed by atoms with Crippen LogP contribution in [-0.2, 0) is 0 Å². The van der Waals surface area contributed by atoms with Crippen LogP contribution in [0.4, 0.5) is 5.00 Å². The van der Waals surface area contributed by atoms with E-state index in [0.717, 1.165) is 20.7 Å². The van der Waals surface area contributed by atoms with Gasteiger partial charge in [0.25, 0.3) is 0 Å². The van der Waals surface area contributed by atoms with Gasteiger partial charge in [0.15, 0.2) is 0 Å². The number of nitrogens with two attached hydrogens (primary N) is 1. The van der Waals surface area contributed by atoms with E-state index in [9.17, 15) is 0 Å².